The lowest BCUT2D eigenvalue weighted by atomic mass is 9.98. The number of aliphatic carboxylic acids is 1. The fourth-order valence-corrected chi connectivity index (χ4v) is 4.06. The van der Waals surface area contributed by atoms with Crippen LogP contribution in [0.3, 0.4) is 0 Å². The summed E-state index contributed by atoms with van der Waals surface area (Å²) in [5.41, 5.74) is 4.71. The van der Waals surface area contributed by atoms with E-state index in [0.29, 0.717) is 13.0 Å². The van der Waals surface area contributed by atoms with Crippen LogP contribution in [0.4, 0.5) is 4.79 Å². The van der Waals surface area contributed by atoms with Gasteiger partial charge in [0.2, 0.25) is 5.91 Å². The topological polar surface area (TPSA) is 125 Å². The zero-order valence-corrected chi connectivity index (χ0v) is 18.5. The molecular formula is C25H30N2O6. The number of rotatable bonds is 12. The molecule has 3 rings (SSSR count). The van der Waals surface area contributed by atoms with E-state index >= 15 is 0 Å². The monoisotopic (exact) mass is 454 g/mol. The van der Waals surface area contributed by atoms with Crippen molar-refractivity contribution in [1.82, 2.24) is 10.6 Å². The minimum atomic E-state index is -1.26. The van der Waals surface area contributed by atoms with Crippen molar-refractivity contribution in [2.75, 3.05) is 19.8 Å². The second-order valence-electron chi connectivity index (χ2n) is 8.06. The number of alkyl carbamates (subject to hydrolysis) is 1. The lowest BCUT2D eigenvalue weighted by Crippen LogP contribution is -2.43. The molecule has 0 saturated heterocycles. The number of nitrogens with one attached hydrogen (secondary N) is 2. The van der Waals surface area contributed by atoms with E-state index in [0.717, 1.165) is 19.3 Å². The van der Waals surface area contributed by atoms with Gasteiger partial charge in [-0.15, -0.1) is 0 Å². The molecular weight excluding hydrogens is 424 g/mol. The number of fused-ring (bicyclic) bond motifs is 3. The highest BCUT2D eigenvalue weighted by Gasteiger charge is 2.28. The van der Waals surface area contributed by atoms with Crippen molar-refractivity contribution in [2.24, 2.45) is 0 Å². The summed E-state index contributed by atoms with van der Waals surface area (Å²) in [6.07, 6.45) is 2.70. The molecule has 8 heteroatoms. The van der Waals surface area contributed by atoms with Crippen molar-refractivity contribution in [3.63, 3.8) is 0 Å². The van der Waals surface area contributed by atoms with Crippen LogP contribution in [0.1, 0.15) is 49.1 Å². The van der Waals surface area contributed by atoms with Gasteiger partial charge in [0.15, 0.2) is 0 Å². The maximum atomic E-state index is 12.1. The molecule has 1 aliphatic carbocycles. The number of hydrogen-bond donors (Lipinski definition) is 4. The molecule has 0 spiro atoms. The van der Waals surface area contributed by atoms with E-state index in [1.54, 1.807) is 0 Å². The van der Waals surface area contributed by atoms with Gasteiger partial charge in [-0.25, -0.2) is 9.59 Å². The normalized spacial score (nSPS) is 13.0. The molecule has 0 bridgehead atoms. The average molecular weight is 455 g/mol. The van der Waals surface area contributed by atoms with Gasteiger partial charge in [0.1, 0.15) is 12.6 Å². The van der Waals surface area contributed by atoms with Crippen LogP contribution in [0.15, 0.2) is 48.5 Å². The Morgan fingerprint density at radius 3 is 2.12 bits per heavy atom. The minimum absolute atomic E-state index is 0.0286. The molecule has 0 aliphatic heterocycles. The van der Waals surface area contributed by atoms with Gasteiger partial charge < -0.3 is 25.6 Å². The number of carbonyl (C=O) groups excluding carboxylic acids is 2. The van der Waals surface area contributed by atoms with Gasteiger partial charge in [-0.05, 0) is 35.1 Å². The quantitative estimate of drug-likeness (QED) is 0.365. The van der Waals surface area contributed by atoms with E-state index in [9.17, 15) is 14.4 Å². The van der Waals surface area contributed by atoms with Gasteiger partial charge in [-0.2, -0.15) is 0 Å². The smallest absolute Gasteiger partial charge is 0.407 e. The van der Waals surface area contributed by atoms with E-state index in [-0.39, 0.29) is 18.9 Å². The molecule has 0 aromatic heterocycles. The first-order valence-electron chi connectivity index (χ1n) is 11.2. The van der Waals surface area contributed by atoms with Crippen LogP contribution in [0.5, 0.6) is 0 Å². The second-order valence-corrected chi connectivity index (χ2v) is 8.06. The van der Waals surface area contributed by atoms with E-state index in [1.165, 1.54) is 22.3 Å². The number of carboxylic acids is 1. The maximum absolute atomic E-state index is 12.1. The Kier molecular flexibility index (Phi) is 8.83. The first-order chi connectivity index (χ1) is 16.0. The predicted octanol–water partition coefficient (Wildman–Crippen LogP) is 3.04. The van der Waals surface area contributed by atoms with Gasteiger partial charge in [-0.3, -0.25) is 4.79 Å². The molecule has 0 heterocycles. The number of hydrogen-bond acceptors (Lipinski definition) is 5. The fourth-order valence-electron chi connectivity index (χ4n) is 4.06. The summed E-state index contributed by atoms with van der Waals surface area (Å²) in [6.45, 7) is 0.122. The molecule has 1 atom stereocenters. The number of carboxylic acid groups (broad SMARTS) is 1. The first-order valence-corrected chi connectivity index (χ1v) is 11.2. The highest BCUT2D eigenvalue weighted by molar-refractivity contribution is 5.83. The number of unbranched alkanes of at least 4 members (excludes halogenated alkanes) is 3. The molecule has 1 aliphatic rings. The van der Waals surface area contributed by atoms with E-state index < -0.39 is 30.6 Å². The zero-order valence-electron chi connectivity index (χ0n) is 18.5. The lowest BCUT2D eigenvalue weighted by Gasteiger charge is -2.14. The SMILES string of the molecule is O=C(CCCCCCNC(=O)OCC1c2ccccc2-c2ccccc21)NC(CO)C(=O)O. The molecule has 2 aromatic rings. The fraction of sp³-hybridized carbons (Fsp3) is 0.400. The van der Waals surface area contributed by atoms with Gasteiger partial charge in [-0.1, -0.05) is 61.4 Å². The van der Waals surface area contributed by atoms with Crippen molar-refractivity contribution in [2.45, 2.75) is 44.1 Å². The summed E-state index contributed by atoms with van der Waals surface area (Å²) in [5, 5.41) is 22.7. The van der Waals surface area contributed by atoms with Crippen LogP contribution in [-0.2, 0) is 14.3 Å². The van der Waals surface area contributed by atoms with Crippen molar-refractivity contribution in [1.29, 1.82) is 0 Å². The molecule has 1 unspecified atom stereocenters. The summed E-state index contributed by atoms with van der Waals surface area (Å²) >= 11 is 0. The van der Waals surface area contributed by atoms with E-state index in [4.69, 9.17) is 14.9 Å². The summed E-state index contributed by atoms with van der Waals surface area (Å²) in [7, 11) is 0. The second kappa shape index (κ2) is 12.0. The Bertz CT molecular complexity index is 931. The molecule has 0 fully saturated rings. The highest BCUT2D eigenvalue weighted by atomic mass is 16.5. The van der Waals surface area contributed by atoms with Gasteiger partial charge in [0.05, 0.1) is 6.61 Å². The zero-order chi connectivity index (χ0) is 23.6. The Labute approximate surface area is 193 Å². The number of carbonyl (C=O) groups is 3. The van der Waals surface area contributed by atoms with Crippen LogP contribution < -0.4 is 10.6 Å². The number of ether oxygens (including phenoxy) is 1. The third kappa shape index (κ3) is 6.55. The van der Waals surface area contributed by atoms with Crippen LogP contribution in [0, 0.1) is 0 Å². The Hall–Kier alpha value is -3.39. The Balaban J connectivity index is 1.31. The molecule has 2 amide bonds. The minimum Gasteiger partial charge on any atom is -0.480 e. The molecule has 4 N–H and O–H groups in total. The highest BCUT2D eigenvalue weighted by Crippen LogP contribution is 2.44. The summed E-state index contributed by atoms with van der Waals surface area (Å²) < 4.78 is 5.49. The van der Waals surface area contributed by atoms with Gasteiger partial charge in [0, 0.05) is 18.9 Å². The van der Waals surface area contributed by atoms with Gasteiger partial charge in [0.25, 0.3) is 0 Å². The first kappa shape index (κ1) is 24.3. The number of aliphatic hydroxyl groups is 1. The molecule has 0 radical (unpaired) electrons. The number of aliphatic hydroxyl groups excluding tert-OH is 1. The number of benzene rings is 2. The van der Waals surface area contributed by atoms with Crippen molar-refractivity contribution in [3.8, 4) is 11.1 Å². The Morgan fingerprint density at radius 1 is 0.909 bits per heavy atom. The van der Waals surface area contributed by atoms with Crippen molar-refractivity contribution in [3.05, 3.63) is 59.7 Å². The summed E-state index contributed by atoms with van der Waals surface area (Å²) in [4.78, 5) is 34.6. The van der Waals surface area contributed by atoms with Crippen molar-refractivity contribution >= 4 is 18.0 Å². The Morgan fingerprint density at radius 2 is 1.52 bits per heavy atom. The van der Waals surface area contributed by atoms with Crippen LogP contribution in [0.25, 0.3) is 11.1 Å². The van der Waals surface area contributed by atoms with E-state index in [1.807, 2.05) is 24.3 Å². The van der Waals surface area contributed by atoms with Crippen LogP contribution in [-0.4, -0.2) is 54.0 Å². The van der Waals surface area contributed by atoms with Crippen LogP contribution >= 0.6 is 0 Å². The standard InChI is InChI=1S/C25H30N2O6/c28-15-22(24(30)31)27-23(29)13-3-1-2-8-14-26-25(32)33-16-21-19-11-6-4-9-17(19)18-10-5-7-12-20(18)21/h4-7,9-12,21-22,28H,1-3,8,13-16H2,(H,26,32)(H,27,29)(H,30,31). The average Bonchev–Trinajstić information content (AvgIpc) is 3.14. The van der Waals surface area contributed by atoms with Gasteiger partial charge >= 0.3 is 12.1 Å². The number of amides is 2. The predicted molar refractivity (Wildman–Crippen MR) is 123 cm³/mol. The largest absolute Gasteiger partial charge is 0.480 e. The summed E-state index contributed by atoms with van der Waals surface area (Å²) in [6, 6.07) is 15.1. The van der Waals surface area contributed by atoms with Crippen molar-refractivity contribution < 1.29 is 29.3 Å². The molecule has 33 heavy (non-hydrogen) atoms. The third-order valence-electron chi connectivity index (χ3n) is 5.76. The maximum Gasteiger partial charge on any atom is 0.407 e. The summed E-state index contributed by atoms with van der Waals surface area (Å²) in [5.74, 6) is -1.63. The molecule has 176 valence electrons. The third-order valence-corrected chi connectivity index (χ3v) is 5.76. The molecule has 2 aromatic carbocycles. The lowest BCUT2D eigenvalue weighted by molar-refractivity contribution is -0.142. The molecule has 0 saturated carbocycles. The van der Waals surface area contributed by atoms with E-state index in [2.05, 4.69) is 34.9 Å². The van der Waals surface area contributed by atoms with Crippen LogP contribution in [0.2, 0.25) is 0 Å². The molecule has 8 nitrogen and oxygen atoms in total.